The van der Waals surface area contributed by atoms with Crippen LogP contribution in [0.15, 0.2) is 47.0 Å². The topological polar surface area (TPSA) is 119 Å². The van der Waals surface area contributed by atoms with Crippen LogP contribution in [-0.4, -0.2) is 31.8 Å². The summed E-state index contributed by atoms with van der Waals surface area (Å²) < 4.78 is 5.11. The average molecular weight is 385 g/mol. The molecule has 2 heterocycles. The van der Waals surface area contributed by atoms with Gasteiger partial charge in [0.2, 0.25) is 11.7 Å². The van der Waals surface area contributed by atoms with E-state index in [2.05, 4.69) is 10.1 Å². The SMILES string of the molecule is O=C1c2cccc([N+](=O)[O-])c2C(=O)N1Cc1nc(-c2ccccc2Cl)no1. The summed E-state index contributed by atoms with van der Waals surface area (Å²) >= 11 is 6.09. The average Bonchev–Trinajstić information content (AvgIpc) is 3.21. The van der Waals surface area contributed by atoms with Crippen LogP contribution in [0.1, 0.15) is 26.6 Å². The van der Waals surface area contributed by atoms with Crippen molar-refractivity contribution in [2.24, 2.45) is 0 Å². The van der Waals surface area contributed by atoms with Crippen LogP contribution in [0.25, 0.3) is 11.4 Å². The Balaban J connectivity index is 1.64. The first-order valence-corrected chi connectivity index (χ1v) is 8.06. The molecule has 4 rings (SSSR count). The van der Waals surface area contributed by atoms with E-state index >= 15 is 0 Å². The predicted molar refractivity (Wildman–Crippen MR) is 92.0 cm³/mol. The van der Waals surface area contributed by atoms with Crippen molar-refractivity contribution in [3.8, 4) is 11.4 Å². The van der Waals surface area contributed by atoms with E-state index in [9.17, 15) is 19.7 Å². The first-order chi connectivity index (χ1) is 13.0. The molecule has 0 bridgehead atoms. The van der Waals surface area contributed by atoms with E-state index in [4.69, 9.17) is 16.1 Å². The van der Waals surface area contributed by atoms with Gasteiger partial charge in [-0.25, -0.2) is 0 Å². The molecule has 0 unspecified atom stereocenters. The second-order valence-electron chi connectivity index (χ2n) is 5.64. The lowest BCUT2D eigenvalue weighted by molar-refractivity contribution is -0.385. The van der Waals surface area contributed by atoms with E-state index in [0.29, 0.717) is 10.6 Å². The Morgan fingerprint density at radius 2 is 1.81 bits per heavy atom. The summed E-state index contributed by atoms with van der Waals surface area (Å²) in [6, 6.07) is 10.8. The Bertz CT molecular complexity index is 1110. The van der Waals surface area contributed by atoms with E-state index in [1.807, 2.05) is 0 Å². The zero-order valence-corrected chi connectivity index (χ0v) is 14.2. The van der Waals surface area contributed by atoms with Gasteiger partial charge in [-0.3, -0.25) is 24.6 Å². The van der Waals surface area contributed by atoms with Gasteiger partial charge >= 0.3 is 0 Å². The number of nitro groups is 1. The molecule has 1 aliphatic rings. The van der Waals surface area contributed by atoms with E-state index in [1.165, 1.54) is 18.2 Å². The van der Waals surface area contributed by atoms with Crippen molar-refractivity contribution in [3.05, 3.63) is 74.6 Å². The molecule has 0 saturated carbocycles. The zero-order valence-electron chi connectivity index (χ0n) is 13.5. The number of halogens is 1. The number of carbonyl (C=O) groups is 2. The van der Waals surface area contributed by atoms with Crippen molar-refractivity contribution in [2.75, 3.05) is 0 Å². The van der Waals surface area contributed by atoms with Crippen LogP contribution in [-0.2, 0) is 6.54 Å². The maximum atomic E-state index is 12.6. The fourth-order valence-corrected chi connectivity index (χ4v) is 3.04. The summed E-state index contributed by atoms with van der Waals surface area (Å²) in [5.74, 6) is -1.23. The molecule has 9 nitrogen and oxygen atoms in total. The number of hydrogen-bond acceptors (Lipinski definition) is 7. The van der Waals surface area contributed by atoms with Gasteiger partial charge in [0.25, 0.3) is 17.5 Å². The molecule has 0 radical (unpaired) electrons. The molecule has 0 aliphatic carbocycles. The summed E-state index contributed by atoms with van der Waals surface area (Å²) in [6.07, 6.45) is 0. The van der Waals surface area contributed by atoms with Crippen LogP contribution in [0, 0.1) is 10.1 Å². The standard InChI is InChI=1S/C17H9ClN4O5/c18-11-6-2-1-4-9(11)15-19-13(27-20-15)8-21-16(23)10-5-3-7-12(22(25)26)14(10)17(21)24/h1-7H,8H2. The highest BCUT2D eigenvalue weighted by Gasteiger charge is 2.41. The summed E-state index contributed by atoms with van der Waals surface area (Å²) in [6.45, 7) is -0.305. The normalized spacial score (nSPS) is 13.1. The van der Waals surface area contributed by atoms with Gasteiger partial charge in [-0.2, -0.15) is 4.98 Å². The number of nitrogens with zero attached hydrogens (tertiary/aromatic N) is 4. The number of rotatable bonds is 4. The molecule has 0 fully saturated rings. The third-order valence-electron chi connectivity index (χ3n) is 4.05. The van der Waals surface area contributed by atoms with Gasteiger partial charge in [-0.15, -0.1) is 0 Å². The maximum Gasteiger partial charge on any atom is 0.282 e. The fraction of sp³-hybridized carbons (Fsp3) is 0.0588. The molecule has 3 aromatic rings. The first kappa shape index (κ1) is 16.9. The third kappa shape index (κ3) is 2.74. The van der Waals surface area contributed by atoms with Crippen molar-refractivity contribution >= 4 is 29.1 Å². The van der Waals surface area contributed by atoms with Gasteiger partial charge in [-0.1, -0.05) is 35.0 Å². The molecule has 2 aromatic carbocycles. The van der Waals surface area contributed by atoms with Gasteiger partial charge in [0.05, 0.1) is 15.5 Å². The predicted octanol–water partition coefficient (Wildman–Crippen LogP) is 3.09. The van der Waals surface area contributed by atoms with Crippen LogP contribution < -0.4 is 0 Å². The molecule has 0 atom stereocenters. The Morgan fingerprint density at radius 3 is 2.56 bits per heavy atom. The van der Waals surface area contributed by atoms with Crippen molar-refractivity contribution in [2.45, 2.75) is 6.54 Å². The second-order valence-corrected chi connectivity index (χ2v) is 6.05. The van der Waals surface area contributed by atoms with Gasteiger partial charge in [0.15, 0.2) is 0 Å². The van der Waals surface area contributed by atoms with E-state index < -0.39 is 22.4 Å². The number of nitro benzene ring substituents is 1. The van der Waals surface area contributed by atoms with Gasteiger partial charge in [-0.05, 0) is 18.2 Å². The minimum absolute atomic E-state index is 0.00192. The molecule has 0 saturated heterocycles. The number of aromatic nitrogens is 2. The van der Waals surface area contributed by atoms with Crippen LogP contribution in [0.4, 0.5) is 5.69 Å². The first-order valence-electron chi connectivity index (χ1n) is 7.68. The van der Waals surface area contributed by atoms with Crippen LogP contribution >= 0.6 is 11.6 Å². The van der Waals surface area contributed by atoms with Crippen LogP contribution in [0.3, 0.4) is 0 Å². The molecule has 27 heavy (non-hydrogen) atoms. The van der Waals surface area contributed by atoms with E-state index in [1.54, 1.807) is 24.3 Å². The molecular weight excluding hydrogens is 376 g/mol. The molecular formula is C17H9ClN4O5. The quantitative estimate of drug-likeness (QED) is 0.385. The second kappa shape index (κ2) is 6.29. The number of carbonyl (C=O) groups excluding carboxylic acids is 2. The Labute approximate surface area is 156 Å². The van der Waals surface area contributed by atoms with Crippen molar-refractivity contribution in [1.29, 1.82) is 0 Å². The summed E-state index contributed by atoms with van der Waals surface area (Å²) in [4.78, 5) is 40.5. The minimum atomic E-state index is -0.778. The Hall–Kier alpha value is -3.59. The highest BCUT2D eigenvalue weighted by Crippen LogP contribution is 2.32. The van der Waals surface area contributed by atoms with Gasteiger partial charge in [0, 0.05) is 11.6 Å². The van der Waals surface area contributed by atoms with Crippen molar-refractivity contribution in [3.63, 3.8) is 0 Å². The molecule has 1 aliphatic heterocycles. The Morgan fingerprint density at radius 1 is 1.07 bits per heavy atom. The number of benzene rings is 2. The van der Waals surface area contributed by atoms with Crippen LogP contribution in [0.2, 0.25) is 5.02 Å². The lowest BCUT2D eigenvalue weighted by atomic mass is 10.1. The molecule has 10 heteroatoms. The number of imide groups is 1. The van der Waals surface area contributed by atoms with Crippen LogP contribution in [0.5, 0.6) is 0 Å². The zero-order chi connectivity index (χ0) is 19.1. The summed E-state index contributed by atoms with van der Waals surface area (Å²) in [7, 11) is 0. The minimum Gasteiger partial charge on any atom is -0.337 e. The summed E-state index contributed by atoms with van der Waals surface area (Å²) in [5.41, 5.74) is -0.152. The lowest BCUT2D eigenvalue weighted by Crippen LogP contribution is -2.29. The number of hydrogen-bond donors (Lipinski definition) is 0. The smallest absolute Gasteiger partial charge is 0.282 e. The van der Waals surface area contributed by atoms with E-state index in [-0.39, 0.29) is 29.4 Å². The molecule has 1 aromatic heterocycles. The highest BCUT2D eigenvalue weighted by molar-refractivity contribution is 6.33. The third-order valence-corrected chi connectivity index (χ3v) is 4.38. The van der Waals surface area contributed by atoms with Gasteiger partial charge < -0.3 is 4.52 Å². The van der Waals surface area contributed by atoms with E-state index in [0.717, 1.165) is 4.90 Å². The lowest BCUT2D eigenvalue weighted by Gasteiger charge is -2.09. The largest absolute Gasteiger partial charge is 0.337 e. The highest BCUT2D eigenvalue weighted by atomic mass is 35.5. The summed E-state index contributed by atoms with van der Waals surface area (Å²) in [5, 5.41) is 15.4. The Kier molecular flexibility index (Phi) is 3.93. The van der Waals surface area contributed by atoms with Crippen molar-refractivity contribution < 1.29 is 19.0 Å². The number of fused-ring (bicyclic) bond motifs is 1. The molecule has 0 N–H and O–H groups in total. The number of amides is 2. The fourth-order valence-electron chi connectivity index (χ4n) is 2.82. The molecule has 2 amide bonds. The molecule has 0 spiro atoms. The maximum absolute atomic E-state index is 12.6. The van der Waals surface area contributed by atoms with Gasteiger partial charge in [0.1, 0.15) is 12.1 Å². The molecule has 134 valence electrons. The monoisotopic (exact) mass is 384 g/mol. The van der Waals surface area contributed by atoms with Crippen molar-refractivity contribution in [1.82, 2.24) is 15.0 Å².